The van der Waals surface area contributed by atoms with Gasteiger partial charge in [-0.15, -0.1) is 11.3 Å². The van der Waals surface area contributed by atoms with E-state index in [9.17, 15) is 24.3 Å². The van der Waals surface area contributed by atoms with Crippen LogP contribution in [0.2, 0.25) is 5.15 Å². The molecule has 16 nitrogen and oxygen atoms in total. The highest BCUT2D eigenvalue weighted by Crippen LogP contribution is 2.41. The lowest BCUT2D eigenvalue weighted by Gasteiger charge is -2.47. The summed E-state index contributed by atoms with van der Waals surface area (Å²) in [4.78, 5) is 62.2. The van der Waals surface area contributed by atoms with Crippen LogP contribution in [0.3, 0.4) is 0 Å². The number of hydrogen-bond donors (Lipinski definition) is 2. The van der Waals surface area contributed by atoms with E-state index in [-0.39, 0.29) is 36.1 Å². The molecule has 6 rings (SSSR count). The summed E-state index contributed by atoms with van der Waals surface area (Å²) >= 11 is 7.80. The van der Waals surface area contributed by atoms with Gasteiger partial charge in [-0.3, -0.25) is 14.0 Å². The lowest BCUT2D eigenvalue weighted by Crippen LogP contribution is -2.61. The number of aliphatic hydroxyl groups excluding tert-OH is 1. The molecule has 3 aliphatic heterocycles. The number of cyclic esters (lactones) is 1. The van der Waals surface area contributed by atoms with Crippen LogP contribution < -0.4 is 5.32 Å². The molecule has 19 heteroatoms. The third kappa shape index (κ3) is 8.59. The zero-order valence-corrected chi connectivity index (χ0v) is 36.9. The van der Waals surface area contributed by atoms with Crippen LogP contribution in [-0.4, -0.2) is 129 Å². The number of likely N-dealkylation sites (N-methyl/N-ethyl adjacent to an activating group) is 1. The number of Topliss-reactive ketones (excluding diaryl/α,β-unsaturated/α-hetero) is 2. The summed E-state index contributed by atoms with van der Waals surface area (Å²) in [5.74, 6) is -0.316. The van der Waals surface area contributed by atoms with Gasteiger partial charge in [0.25, 0.3) is 5.67 Å². The molecular formula is C41H53ClFN5O11S. The highest BCUT2D eigenvalue weighted by Gasteiger charge is 2.59. The van der Waals surface area contributed by atoms with Crippen molar-refractivity contribution in [1.82, 2.24) is 24.8 Å². The van der Waals surface area contributed by atoms with Crippen LogP contribution in [0.1, 0.15) is 80.4 Å². The van der Waals surface area contributed by atoms with E-state index < -0.39 is 95.3 Å². The molecule has 0 aliphatic carbocycles. The van der Waals surface area contributed by atoms with Gasteiger partial charge < -0.3 is 43.5 Å². The quantitative estimate of drug-likeness (QED) is 0.183. The molecule has 3 aromatic rings. The Balaban J connectivity index is 1.39. The van der Waals surface area contributed by atoms with Crippen LogP contribution in [0.25, 0.3) is 16.3 Å². The Morgan fingerprint density at radius 1 is 1.15 bits per heavy atom. The van der Waals surface area contributed by atoms with E-state index in [2.05, 4.69) is 27.3 Å². The lowest BCUT2D eigenvalue weighted by atomic mass is 9.73. The summed E-state index contributed by atoms with van der Waals surface area (Å²) in [7, 11) is 3.60. The molecule has 0 aromatic carbocycles. The number of hydrogen-bond acceptors (Lipinski definition) is 15. The standard InChI is InChI=1S/C41H53ClFN5O11S/c1-11-27-41(8)31(44-38(53)58-41)22(4)29(49)20(2)19-39(6,54-15-12-13-24-18-25(46-59-24)28-34(42)45-37-48(28)14-16-60-37)33(23(5)32(51)40(7,43)36(52)56-27)57-35-30(50)26(47(9)10)17-21(3)55-35/h14,16,18,20-23,26-27,30-31,33,35,50H,11,15,17,19H2,1-10H3,(H,44,53)/t20-,21-,22-,23+,26+,27+,30-,31-,33-,35+,39+,40+,41-/m1/s1. The van der Waals surface area contributed by atoms with E-state index >= 15 is 4.39 Å². The second-order valence-electron chi connectivity index (χ2n) is 16.9. The van der Waals surface area contributed by atoms with Gasteiger partial charge in [-0.1, -0.05) is 50.4 Å². The first-order valence-electron chi connectivity index (χ1n) is 20.0. The summed E-state index contributed by atoms with van der Waals surface area (Å²) in [6.45, 7) is 11.7. The second kappa shape index (κ2) is 17.4. The first-order valence-corrected chi connectivity index (χ1v) is 21.2. The third-order valence-electron chi connectivity index (χ3n) is 12.1. The van der Waals surface area contributed by atoms with Crippen LogP contribution in [0.4, 0.5) is 9.18 Å². The number of carbonyl (C=O) groups excluding carboxylic acids is 4. The predicted molar refractivity (Wildman–Crippen MR) is 216 cm³/mol. The van der Waals surface area contributed by atoms with Crippen molar-refractivity contribution in [3.63, 3.8) is 0 Å². The van der Waals surface area contributed by atoms with E-state index in [0.29, 0.717) is 22.8 Å². The van der Waals surface area contributed by atoms with Crippen molar-refractivity contribution in [2.24, 2.45) is 17.8 Å². The topological polar surface area (TPSA) is 193 Å². The van der Waals surface area contributed by atoms with E-state index in [1.54, 1.807) is 58.5 Å². The number of ketones is 2. The van der Waals surface area contributed by atoms with Crippen LogP contribution in [0.15, 0.2) is 22.2 Å². The van der Waals surface area contributed by atoms with Crippen LogP contribution in [-0.2, 0) is 38.1 Å². The Bertz CT molecular complexity index is 2160. The second-order valence-corrected chi connectivity index (χ2v) is 18.1. The number of amides is 1. The molecule has 13 atom stereocenters. The molecule has 60 heavy (non-hydrogen) atoms. The molecule has 3 aliphatic rings. The molecule has 6 heterocycles. The average molecular weight is 878 g/mol. The smallest absolute Gasteiger partial charge is 0.408 e. The molecule has 0 radical (unpaired) electrons. The lowest BCUT2D eigenvalue weighted by molar-refractivity contribution is -0.296. The molecule has 328 valence electrons. The number of aromatic nitrogens is 3. The minimum absolute atomic E-state index is 0.0656. The van der Waals surface area contributed by atoms with Gasteiger partial charge in [0, 0.05) is 41.4 Å². The Morgan fingerprint density at radius 3 is 2.55 bits per heavy atom. The van der Waals surface area contributed by atoms with Crippen LogP contribution in [0, 0.1) is 29.6 Å². The molecular weight excluding hydrogens is 825 g/mol. The first kappa shape index (κ1) is 45.6. The number of ether oxygens (including phenoxy) is 5. The third-order valence-corrected chi connectivity index (χ3v) is 13.2. The molecule has 2 N–H and O–H groups in total. The number of alkyl halides is 1. The van der Waals surface area contributed by atoms with E-state index in [0.717, 1.165) is 6.92 Å². The number of rotatable bonds is 7. The van der Waals surface area contributed by atoms with Crippen molar-refractivity contribution in [3.8, 4) is 23.2 Å². The van der Waals surface area contributed by atoms with E-state index in [4.69, 9.17) is 39.8 Å². The Morgan fingerprint density at radius 2 is 1.87 bits per heavy atom. The number of esters is 1. The first-order chi connectivity index (χ1) is 28.1. The van der Waals surface area contributed by atoms with Crippen molar-refractivity contribution in [1.29, 1.82) is 0 Å². The van der Waals surface area contributed by atoms with Gasteiger partial charge in [-0.25, -0.2) is 19.0 Å². The maximum absolute atomic E-state index is 16.9. The number of nitrogens with zero attached hydrogens (tertiary/aromatic N) is 4. The largest absolute Gasteiger partial charge is 0.455 e. The van der Waals surface area contributed by atoms with Crippen molar-refractivity contribution >= 4 is 51.5 Å². The van der Waals surface area contributed by atoms with Gasteiger partial charge in [0.15, 0.2) is 27.8 Å². The fourth-order valence-electron chi connectivity index (χ4n) is 8.89. The number of nitrogens with one attached hydrogen (secondary N) is 1. The summed E-state index contributed by atoms with van der Waals surface area (Å²) < 4.78 is 54.7. The normalized spacial score (nSPS) is 36.9. The number of carbonyl (C=O) groups is 4. The number of halogens is 2. The van der Waals surface area contributed by atoms with E-state index in [1.165, 1.54) is 25.2 Å². The summed E-state index contributed by atoms with van der Waals surface area (Å²) in [6, 6.07) is 0.168. The van der Waals surface area contributed by atoms with Gasteiger partial charge >= 0.3 is 12.1 Å². The number of aliphatic hydroxyl groups is 1. The zero-order valence-electron chi connectivity index (χ0n) is 35.3. The monoisotopic (exact) mass is 877 g/mol. The predicted octanol–water partition coefficient (Wildman–Crippen LogP) is 5.01. The van der Waals surface area contributed by atoms with Gasteiger partial charge in [0.2, 0.25) is 5.76 Å². The summed E-state index contributed by atoms with van der Waals surface area (Å²) in [5, 5.41) is 20.5. The Labute approximate surface area is 356 Å². The fraction of sp³-hybridized carbons (Fsp3) is 0.659. The fourth-order valence-corrected chi connectivity index (χ4v) is 9.92. The highest BCUT2D eigenvalue weighted by molar-refractivity contribution is 7.15. The Hall–Kier alpha value is -3.96. The van der Waals surface area contributed by atoms with Crippen LogP contribution in [0.5, 0.6) is 0 Å². The number of fused-ring (bicyclic) bond motifs is 2. The molecule has 0 spiro atoms. The molecule has 3 fully saturated rings. The zero-order chi connectivity index (χ0) is 44.1. The molecule has 3 saturated heterocycles. The molecule has 0 saturated carbocycles. The highest BCUT2D eigenvalue weighted by atomic mass is 35.5. The maximum Gasteiger partial charge on any atom is 0.408 e. The van der Waals surface area contributed by atoms with Gasteiger partial charge in [0.1, 0.15) is 36.0 Å². The van der Waals surface area contributed by atoms with Gasteiger partial charge in [0.05, 0.1) is 23.9 Å². The van der Waals surface area contributed by atoms with Crippen molar-refractivity contribution in [2.75, 3.05) is 20.7 Å². The molecule has 1 amide bonds. The summed E-state index contributed by atoms with van der Waals surface area (Å²) in [5.41, 5.74) is -5.58. The van der Waals surface area contributed by atoms with Crippen molar-refractivity contribution in [2.45, 2.75) is 134 Å². The number of thiazole rings is 1. The molecule has 0 bridgehead atoms. The molecule has 3 aromatic heterocycles. The van der Waals surface area contributed by atoms with Crippen molar-refractivity contribution < 1.29 is 56.9 Å². The number of imidazole rings is 1. The van der Waals surface area contributed by atoms with Crippen molar-refractivity contribution in [3.05, 3.63) is 28.6 Å². The van der Waals surface area contributed by atoms with E-state index in [1.807, 2.05) is 17.2 Å². The van der Waals surface area contributed by atoms with Gasteiger partial charge in [-0.2, -0.15) is 0 Å². The minimum Gasteiger partial charge on any atom is -0.455 e. The summed E-state index contributed by atoms with van der Waals surface area (Å²) in [6.07, 6.45) is -4.30. The van der Waals surface area contributed by atoms with Crippen LogP contribution >= 0.6 is 22.9 Å². The minimum atomic E-state index is -3.24. The Kier molecular flexibility index (Phi) is 13.2. The van der Waals surface area contributed by atoms with Gasteiger partial charge in [-0.05, 0) is 67.0 Å². The SMILES string of the molecule is CC[C@@H]1OC(=O)[C@@](C)(F)C(=O)[C@H](C)[C@@H](O[C@@H]2O[C@H](C)C[C@H](N(C)C)[C@H]2O)[C@@](C)(OCC#Cc2cc(-c3c(Cl)nc4sccn34)no2)C[C@@H](C)C(=O)[C@@H](C)[C@H]2NC(=O)O[C@]12C. The maximum atomic E-state index is 16.9. The molecule has 0 unspecified atom stereocenters. The average Bonchev–Trinajstić information content (AvgIpc) is 3.97. The number of alkyl carbamates (subject to hydrolysis) is 1.